The van der Waals surface area contributed by atoms with Crippen LogP contribution in [0.3, 0.4) is 0 Å². The van der Waals surface area contributed by atoms with Crippen LogP contribution >= 0.6 is 0 Å². The fourth-order valence-electron chi connectivity index (χ4n) is 1.38. The highest BCUT2D eigenvalue weighted by molar-refractivity contribution is 5.31. The molecule has 0 spiro atoms. The van der Waals surface area contributed by atoms with E-state index in [9.17, 15) is 5.11 Å². The third-order valence-electron chi connectivity index (χ3n) is 2.38. The van der Waals surface area contributed by atoms with Crippen LogP contribution in [0.15, 0.2) is 24.3 Å². The summed E-state index contributed by atoms with van der Waals surface area (Å²) >= 11 is 0. The first-order valence-corrected chi connectivity index (χ1v) is 7.33. The Labute approximate surface area is 132 Å². The second-order valence-corrected chi connectivity index (χ2v) is 4.51. The summed E-state index contributed by atoms with van der Waals surface area (Å²) in [6, 6.07) is 6.26. The van der Waals surface area contributed by atoms with E-state index in [-0.39, 0.29) is 30.5 Å². The van der Waals surface area contributed by atoms with Crippen molar-refractivity contribution in [1.29, 1.82) is 0 Å². The van der Waals surface area contributed by atoms with Crippen LogP contribution in [-0.4, -0.2) is 57.6 Å². The molecule has 0 heterocycles. The lowest BCUT2D eigenvalue weighted by Crippen LogP contribution is -2.03. The Morgan fingerprint density at radius 2 is 1.50 bits per heavy atom. The van der Waals surface area contributed by atoms with Crippen LogP contribution in [0.2, 0.25) is 0 Å². The Bertz CT molecular complexity index is 349. The normalized spacial score (nSPS) is 21.3. The van der Waals surface area contributed by atoms with E-state index in [1.807, 2.05) is 13.8 Å². The lowest BCUT2D eigenvalue weighted by molar-refractivity contribution is 0.193. The molecule has 6 heteroatoms. The van der Waals surface area contributed by atoms with Gasteiger partial charge in [-0.1, -0.05) is 13.8 Å². The number of aliphatic hydroxyl groups is 4. The molecule has 0 radical (unpaired) electrons. The molecule has 0 bridgehead atoms. The van der Waals surface area contributed by atoms with Crippen LogP contribution in [0.1, 0.15) is 27.7 Å². The van der Waals surface area contributed by atoms with E-state index >= 15 is 0 Å². The molecule has 1 aromatic carbocycles. The quantitative estimate of drug-likeness (QED) is 0.572. The zero-order valence-corrected chi connectivity index (χ0v) is 14.0. The molecule has 3 unspecified atom stereocenters. The fraction of sp³-hybridized carbons (Fsp3) is 0.625. The van der Waals surface area contributed by atoms with Crippen molar-refractivity contribution in [2.24, 2.45) is 5.92 Å². The molecular weight excluding hydrogens is 288 g/mol. The Morgan fingerprint density at radius 1 is 1.09 bits per heavy atom. The Morgan fingerprint density at radius 3 is 1.82 bits per heavy atom. The van der Waals surface area contributed by atoms with Crippen molar-refractivity contribution < 1.29 is 30.3 Å². The summed E-state index contributed by atoms with van der Waals surface area (Å²) in [6.45, 7) is 7.38. The summed E-state index contributed by atoms with van der Waals surface area (Å²) in [6.07, 6.45) is -1.06. The molecule has 5 N–H and O–H groups in total. The predicted molar refractivity (Wildman–Crippen MR) is 86.0 cm³/mol. The number of aromatic hydroxyl groups is 1. The first-order chi connectivity index (χ1) is 10.5. The molecule has 1 aliphatic rings. The molecule has 0 aliphatic heterocycles. The smallest absolute Gasteiger partial charge is 0.133 e. The van der Waals surface area contributed by atoms with Gasteiger partial charge in [0.1, 0.15) is 17.6 Å². The van der Waals surface area contributed by atoms with E-state index in [2.05, 4.69) is 0 Å². The number of benzene rings is 1. The summed E-state index contributed by atoms with van der Waals surface area (Å²) in [4.78, 5) is 0. The SMILES string of the molecule is CC.CC(C)O.CO.OCC1C(O)C1Oc1ccc(O)cc1. The van der Waals surface area contributed by atoms with Gasteiger partial charge in [-0.25, -0.2) is 0 Å². The van der Waals surface area contributed by atoms with Crippen molar-refractivity contribution in [3.05, 3.63) is 24.3 Å². The number of phenolic OH excluding ortho intramolecular Hbond substituents is 1. The average molecular weight is 318 g/mol. The summed E-state index contributed by atoms with van der Waals surface area (Å²) in [5, 5.41) is 42.1. The summed E-state index contributed by atoms with van der Waals surface area (Å²) in [5.74, 6) is 0.582. The van der Waals surface area contributed by atoms with Crippen LogP contribution in [0.4, 0.5) is 0 Å². The van der Waals surface area contributed by atoms with Gasteiger partial charge in [0, 0.05) is 13.2 Å². The zero-order chi connectivity index (χ0) is 17.7. The highest BCUT2D eigenvalue weighted by Gasteiger charge is 2.51. The molecule has 2 rings (SSSR count). The molecule has 22 heavy (non-hydrogen) atoms. The van der Waals surface area contributed by atoms with Crippen molar-refractivity contribution >= 4 is 0 Å². The van der Waals surface area contributed by atoms with Crippen molar-refractivity contribution in [3.63, 3.8) is 0 Å². The highest BCUT2D eigenvalue weighted by atomic mass is 16.5. The second kappa shape index (κ2) is 13.3. The van der Waals surface area contributed by atoms with Gasteiger partial charge in [-0.05, 0) is 38.1 Å². The molecule has 1 fully saturated rings. The number of ether oxygens (including phenoxy) is 1. The summed E-state index contributed by atoms with van der Waals surface area (Å²) < 4.78 is 5.37. The van der Waals surface area contributed by atoms with Gasteiger partial charge in [-0.3, -0.25) is 0 Å². The maximum atomic E-state index is 9.27. The topological polar surface area (TPSA) is 110 Å². The van der Waals surface area contributed by atoms with E-state index in [0.29, 0.717) is 5.75 Å². The minimum atomic E-state index is -0.575. The van der Waals surface area contributed by atoms with Gasteiger partial charge in [0.05, 0.1) is 18.6 Å². The molecule has 0 amide bonds. The summed E-state index contributed by atoms with van der Waals surface area (Å²) in [5.41, 5.74) is 0. The third-order valence-corrected chi connectivity index (χ3v) is 2.38. The molecular formula is C16H30O6. The lowest BCUT2D eigenvalue weighted by atomic mass is 10.3. The Hall–Kier alpha value is -1.34. The van der Waals surface area contributed by atoms with Crippen molar-refractivity contribution in [1.82, 2.24) is 0 Å². The number of phenols is 1. The average Bonchev–Trinajstić information content (AvgIpc) is 3.13. The van der Waals surface area contributed by atoms with Gasteiger partial charge < -0.3 is 30.3 Å². The van der Waals surface area contributed by atoms with E-state index in [1.165, 1.54) is 12.1 Å². The van der Waals surface area contributed by atoms with Crippen molar-refractivity contribution in [3.8, 4) is 11.5 Å². The standard InChI is InChI=1S/C10H12O4.C3H8O.C2H6.CH4O/c11-5-8-9(13)10(8)14-7-3-1-6(12)2-4-7;1-3(2)4;2*1-2/h1-4,8-13H,5H2;3-4H,1-2H3;1-2H3;2H,1H3. The Balaban J connectivity index is 0. The number of hydrogen-bond acceptors (Lipinski definition) is 6. The van der Waals surface area contributed by atoms with Gasteiger partial charge in [0.15, 0.2) is 0 Å². The van der Waals surface area contributed by atoms with Crippen LogP contribution in [0.25, 0.3) is 0 Å². The van der Waals surface area contributed by atoms with E-state index < -0.39 is 6.10 Å². The molecule has 1 aromatic rings. The zero-order valence-electron chi connectivity index (χ0n) is 14.0. The van der Waals surface area contributed by atoms with E-state index in [1.54, 1.807) is 26.0 Å². The van der Waals surface area contributed by atoms with Crippen LogP contribution in [0, 0.1) is 5.92 Å². The number of hydrogen-bond donors (Lipinski definition) is 5. The Kier molecular flexibility index (Phi) is 13.9. The van der Waals surface area contributed by atoms with Crippen LogP contribution < -0.4 is 4.74 Å². The maximum Gasteiger partial charge on any atom is 0.133 e. The van der Waals surface area contributed by atoms with Crippen molar-refractivity contribution in [2.45, 2.75) is 46.0 Å². The van der Waals surface area contributed by atoms with Gasteiger partial charge in [-0.15, -0.1) is 0 Å². The van der Waals surface area contributed by atoms with E-state index in [4.69, 9.17) is 25.2 Å². The second-order valence-electron chi connectivity index (χ2n) is 4.51. The molecule has 1 saturated carbocycles. The lowest BCUT2D eigenvalue weighted by Gasteiger charge is -2.04. The fourth-order valence-corrected chi connectivity index (χ4v) is 1.38. The molecule has 6 nitrogen and oxygen atoms in total. The predicted octanol–water partition coefficient (Wildman–Crippen LogP) is 1.14. The number of aliphatic hydroxyl groups excluding tert-OH is 4. The first kappa shape index (κ1) is 22.9. The molecule has 3 atom stereocenters. The minimum Gasteiger partial charge on any atom is -0.508 e. The maximum absolute atomic E-state index is 9.27. The molecule has 130 valence electrons. The molecule has 0 saturated heterocycles. The largest absolute Gasteiger partial charge is 0.508 e. The highest BCUT2D eigenvalue weighted by Crippen LogP contribution is 2.35. The molecule has 1 aliphatic carbocycles. The van der Waals surface area contributed by atoms with Crippen LogP contribution in [0.5, 0.6) is 11.5 Å². The summed E-state index contributed by atoms with van der Waals surface area (Å²) in [7, 11) is 1.00. The van der Waals surface area contributed by atoms with Crippen molar-refractivity contribution in [2.75, 3.05) is 13.7 Å². The van der Waals surface area contributed by atoms with Gasteiger partial charge in [0.25, 0.3) is 0 Å². The van der Waals surface area contributed by atoms with Gasteiger partial charge >= 0.3 is 0 Å². The van der Waals surface area contributed by atoms with Gasteiger partial charge in [-0.2, -0.15) is 0 Å². The minimum absolute atomic E-state index is 0.0656. The van der Waals surface area contributed by atoms with E-state index in [0.717, 1.165) is 7.11 Å². The first-order valence-electron chi connectivity index (χ1n) is 7.33. The monoisotopic (exact) mass is 318 g/mol. The third kappa shape index (κ3) is 9.57. The van der Waals surface area contributed by atoms with Gasteiger partial charge in [0.2, 0.25) is 0 Å². The number of rotatable bonds is 3. The van der Waals surface area contributed by atoms with Crippen LogP contribution in [-0.2, 0) is 0 Å². The molecule has 0 aromatic heterocycles.